The molecule has 0 aliphatic carbocycles. The Morgan fingerprint density at radius 3 is 2.44 bits per heavy atom. The van der Waals surface area contributed by atoms with Crippen LogP contribution in [0.4, 0.5) is 11.4 Å². The predicted molar refractivity (Wildman–Crippen MR) is 133 cm³/mol. The molecule has 0 spiro atoms. The molecule has 4 rings (SSSR count). The Kier molecular flexibility index (Phi) is 7.36. The van der Waals surface area contributed by atoms with Gasteiger partial charge in [0.1, 0.15) is 0 Å². The molecular weight excluding hydrogens is 430 g/mol. The molecule has 3 heterocycles. The first kappa shape index (κ1) is 24.0. The third-order valence-corrected chi connectivity index (χ3v) is 6.79. The summed E-state index contributed by atoms with van der Waals surface area (Å²) in [6.45, 7) is 6.77. The molecule has 8 nitrogen and oxygen atoms in total. The minimum absolute atomic E-state index is 0.0265. The standard InChI is InChI=1S/C26H35N5O3/c1-18(2)26(34)31-15-6-8-19-10-11-20(16-22(19)31)28-25(33)24(32)27-17-23(30-13-4-5-14-30)21-9-7-12-29(21)3/h7,9-12,16,18,23H,4-6,8,13-15,17H2,1-3H3,(H,27,32)(H,28,33). The van der Waals surface area contributed by atoms with Crippen molar-refractivity contribution < 1.29 is 14.4 Å². The van der Waals surface area contributed by atoms with E-state index in [2.05, 4.69) is 26.2 Å². The van der Waals surface area contributed by atoms with Crippen molar-refractivity contribution in [2.45, 2.75) is 45.6 Å². The number of nitrogens with one attached hydrogen (secondary N) is 2. The number of aryl methyl sites for hydroxylation is 2. The Morgan fingerprint density at radius 1 is 1.00 bits per heavy atom. The summed E-state index contributed by atoms with van der Waals surface area (Å²) in [6.07, 6.45) is 6.09. The molecule has 2 N–H and O–H groups in total. The van der Waals surface area contributed by atoms with Crippen LogP contribution in [0.3, 0.4) is 0 Å². The zero-order chi connectivity index (χ0) is 24.2. The number of amides is 3. The monoisotopic (exact) mass is 465 g/mol. The van der Waals surface area contributed by atoms with Crippen LogP contribution in [0, 0.1) is 5.92 Å². The van der Waals surface area contributed by atoms with E-state index < -0.39 is 11.8 Å². The number of benzene rings is 1. The molecule has 2 aliphatic rings. The van der Waals surface area contributed by atoms with Gasteiger partial charge in [-0.3, -0.25) is 19.3 Å². The summed E-state index contributed by atoms with van der Waals surface area (Å²) in [7, 11) is 2.00. The van der Waals surface area contributed by atoms with Gasteiger partial charge in [-0.2, -0.15) is 0 Å². The SMILES string of the molecule is CC(C)C(=O)N1CCCc2ccc(NC(=O)C(=O)NCC(c3cccn3C)N3CCCC3)cc21. The molecule has 8 heteroatoms. The van der Waals surface area contributed by atoms with Crippen LogP contribution in [0.15, 0.2) is 36.5 Å². The molecule has 1 saturated heterocycles. The van der Waals surface area contributed by atoms with Crippen LogP contribution in [0.1, 0.15) is 50.4 Å². The highest BCUT2D eigenvalue weighted by Gasteiger charge is 2.28. The molecule has 1 fully saturated rings. The van der Waals surface area contributed by atoms with Gasteiger partial charge in [-0.05, 0) is 68.6 Å². The lowest BCUT2D eigenvalue weighted by Crippen LogP contribution is -2.42. The van der Waals surface area contributed by atoms with Crippen molar-refractivity contribution in [2.75, 3.05) is 36.4 Å². The fourth-order valence-corrected chi connectivity index (χ4v) is 4.94. The molecule has 1 atom stereocenters. The number of nitrogens with zero attached hydrogens (tertiary/aromatic N) is 3. The number of hydrogen-bond acceptors (Lipinski definition) is 4. The van der Waals surface area contributed by atoms with Gasteiger partial charge in [0.15, 0.2) is 0 Å². The van der Waals surface area contributed by atoms with Gasteiger partial charge in [-0.15, -0.1) is 0 Å². The molecule has 182 valence electrons. The van der Waals surface area contributed by atoms with E-state index in [1.54, 1.807) is 17.0 Å². The maximum absolute atomic E-state index is 12.7. The second-order valence-electron chi connectivity index (χ2n) is 9.56. The summed E-state index contributed by atoms with van der Waals surface area (Å²) in [5.41, 5.74) is 3.53. The Hall–Kier alpha value is -3.13. The van der Waals surface area contributed by atoms with Crippen molar-refractivity contribution in [3.63, 3.8) is 0 Å². The van der Waals surface area contributed by atoms with Crippen LogP contribution in [0.2, 0.25) is 0 Å². The zero-order valence-corrected chi connectivity index (χ0v) is 20.3. The van der Waals surface area contributed by atoms with Crippen LogP contribution in [0.25, 0.3) is 0 Å². The van der Waals surface area contributed by atoms with Gasteiger partial charge in [0.25, 0.3) is 0 Å². The number of fused-ring (bicyclic) bond motifs is 1. The van der Waals surface area contributed by atoms with E-state index in [0.29, 0.717) is 18.8 Å². The Bertz CT molecular complexity index is 1050. The summed E-state index contributed by atoms with van der Waals surface area (Å²) in [6, 6.07) is 9.62. The van der Waals surface area contributed by atoms with Crippen molar-refractivity contribution in [1.29, 1.82) is 0 Å². The third-order valence-electron chi connectivity index (χ3n) is 6.79. The smallest absolute Gasteiger partial charge is 0.313 e. The fraction of sp³-hybridized carbons (Fsp3) is 0.500. The maximum Gasteiger partial charge on any atom is 0.313 e. The lowest BCUT2D eigenvalue weighted by molar-refractivity contribution is -0.136. The molecule has 1 unspecified atom stereocenters. The van der Waals surface area contributed by atoms with Crippen LogP contribution < -0.4 is 15.5 Å². The van der Waals surface area contributed by atoms with Gasteiger partial charge in [-0.25, -0.2) is 0 Å². The first-order valence-corrected chi connectivity index (χ1v) is 12.2. The summed E-state index contributed by atoms with van der Waals surface area (Å²) < 4.78 is 2.06. The number of aromatic nitrogens is 1. The van der Waals surface area contributed by atoms with Crippen molar-refractivity contribution in [2.24, 2.45) is 13.0 Å². The zero-order valence-electron chi connectivity index (χ0n) is 20.3. The fourth-order valence-electron chi connectivity index (χ4n) is 4.94. The number of hydrogen-bond donors (Lipinski definition) is 2. The second kappa shape index (κ2) is 10.4. The van der Waals surface area contributed by atoms with Gasteiger partial charge >= 0.3 is 11.8 Å². The Labute approximate surface area is 201 Å². The van der Waals surface area contributed by atoms with E-state index in [0.717, 1.165) is 55.7 Å². The lowest BCUT2D eigenvalue weighted by atomic mass is 9.99. The molecule has 0 radical (unpaired) electrons. The average molecular weight is 466 g/mol. The molecule has 34 heavy (non-hydrogen) atoms. The summed E-state index contributed by atoms with van der Waals surface area (Å²) in [4.78, 5) is 42.1. The minimum atomic E-state index is -0.704. The predicted octanol–water partition coefficient (Wildman–Crippen LogP) is 2.85. The van der Waals surface area contributed by atoms with E-state index in [1.807, 2.05) is 39.2 Å². The molecule has 0 saturated carbocycles. The topological polar surface area (TPSA) is 86.7 Å². The molecular formula is C26H35N5O3. The van der Waals surface area contributed by atoms with Gasteiger partial charge < -0.3 is 20.1 Å². The second-order valence-corrected chi connectivity index (χ2v) is 9.56. The van der Waals surface area contributed by atoms with E-state index in [-0.39, 0.29) is 17.9 Å². The van der Waals surface area contributed by atoms with Crippen LogP contribution in [0.5, 0.6) is 0 Å². The highest BCUT2D eigenvalue weighted by molar-refractivity contribution is 6.39. The van der Waals surface area contributed by atoms with E-state index in [1.165, 1.54) is 0 Å². The number of likely N-dealkylation sites (tertiary alicyclic amines) is 1. The number of anilines is 2. The normalized spacial score (nSPS) is 16.9. The molecule has 2 aliphatic heterocycles. The largest absolute Gasteiger partial charge is 0.353 e. The van der Waals surface area contributed by atoms with Crippen LogP contribution in [-0.2, 0) is 27.9 Å². The Morgan fingerprint density at radius 2 is 1.76 bits per heavy atom. The highest BCUT2D eigenvalue weighted by Crippen LogP contribution is 2.31. The van der Waals surface area contributed by atoms with Gasteiger partial charge in [0.05, 0.1) is 6.04 Å². The van der Waals surface area contributed by atoms with Crippen molar-refractivity contribution in [3.05, 3.63) is 47.8 Å². The first-order chi connectivity index (χ1) is 16.3. The molecule has 0 bridgehead atoms. The van der Waals surface area contributed by atoms with Gasteiger partial charge in [-0.1, -0.05) is 19.9 Å². The molecule has 1 aromatic heterocycles. The summed E-state index contributed by atoms with van der Waals surface area (Å²) in [5, 5.41) is 5.54. The van der Waals surface area contributed by atoms with E-state index in [4.69, 9.17) is 0 Å². The van der Waals surface area contributed by atoms with E-state index >= 15 is 0 Å². The van der Waals surface area contributed by atoms with Crippen molar-refractivity contribution >= 4 is 29.1 Å². The third kappa shape index (κ3) is 5.17. The average Bonchev–Trinajstić information content (AvgIpc) is 3.51. The van der Waals surface area contributed by atoms with Crippen LogP contribution in [-0.4, -0.2) is 53.4 Å². The number of carbonyl (C=O) groups is 3. The van der Waals surface area contributed by atoms with Crippen molar-refractivity contribution in [1.82, 2.24) is 14.8 Å². The molecule has 3 amide bonds. The maximum atomic E-state index is 12.7. The Balaban J connectivity index is 1.41. The quantitative estimate of drug-likeness (QED) is 0.643. The summed E-state index contributed by atoms with van der Waals surface area (Å²) in [5.74, 6) is -1.41. The molecule has 2 aromatic rings. The minimum Gasteiger partial charge on any atom is -0.353 e. The van der Waals surface area contributed by atoms with Crippen molar-refractivity contribution in [3.8, 4) is 0 Å². The lowest BCUT2D eigenvalue weighted by Gasteiger charge is -2.31. The number of rotatable bonds is 6. The number of carbonyl (C=O) groups excluding carboxylic acids is 3. The summed E-state index contributed by atoms with van der Waals surface area (Å²) >= 11 is 0. The van der Waals surface area contributed by atoms with Crippen LogP contribution >= 0.6 is 0 Å². The van der Waals surface area contributed by atoms with Gasteiger partial charge in [0, 0.05) is 49.3 Å². The first-order valence-electron chi connectivity index (χ1n) is 12.2. The highest BCUT2D eigenvalue weighted by atomic mass is 16.2. The van der Waals surface area contributed by atoms with E-state index in [9.17, 15) is 14.4 Å². The van der Waals surface area contributed by atoms with Gasteiger partial charge in [0.2, 0.25) is 5.91 Å². The molecule has 1 aromatic carbocycles.